The molecular formula is C17H30O3. The third kappa shape index (κ3) is 3.63. The molecule has 2 aliphatic rings. The summed E-state index contributed by atoms with van der Waals surface area (Å²) in [6, 6.07) is 0. The van der Waals surface area contributed by atoms with Gasteiger partial charge in [0.15, 0.2) is 0 Å². The van der Waals surface area contributed by atoms with Crippen molar-refractivity contribution in [3.8, 4) is 0 Å². The molecular weight excluding hydrogens is 252 g/mol. The molecule has 0 aromatic carbocycles. The predicted octanol–water partition coefficient (Wildman–Crippen LogP) is 3.57. The van der Waals surface area contributed by atoms with E-state index in [-0.39, 0.29) is 30.5 Å². The summed E-state index contributed by atoms with van der Waals surface area (Å²) in [7, 11) is 0. The highest BCUT2D eigenvalue weighted by Gasteiger charge is 2.40. The van der Waals surface area contributed by atoms with Crippen molar-refractivity contribution in [1.29, 1.82) is 0 Å². The summed E-state index contributed by atoms with van der Waals surface area (Å²) in [5.74, 6) is 1.01. The number of fused-ring (bicyclic) bond motifs is 1. The van der Waals surface area contributed by atoms with Crippen molar-refractivity contribution in [1.82, 2.24) is 0 Å². The largest absolute Gasteiger partial charge is 0.375 e. The van der Waals surface area contributed by atoms with Crippen molar-refractivity contribution in [2.75, 3.05) is 6.61 Å². The first-order chi connectivity index (χ1) is 9.52. The second kappa shape index (κ2) is 7.06. The summed E-state index contributed by atoms with van der Waals surface area (Å²) < 4.78 is 18.4. The summed E-state index contributed by atoms with van der Waals surface area (Å²) >= 11 is 0. The Kier molecular flexibility index (Phi) is 5.65. The number of hydrogen-bond donors (Lipinski definition) is 0. The number of rotatable bonds is 5. The molecule has 0 N–H and O–H groups in total. The molecule has 0 spiro atoms. The molecule has 0 aromatic heterocycles. The average molecular weight is 282 g/mol. The lowest BCUT2D eigenvalue weighted by Crippen LogP contribution is -2.51. The van der Waals surface area contributed by atoms with Crippen LogP contribution in [0, 0.1) is 11.8 Å². The van der Waals surface area contributed by atoms with Gasteiger partial charge in [-0.15, -0.1) is 6.58 Å². The maximum atomic E-state index is 6.39. The average Bonchev–Trinajstić information content (AvgIpc) is 2.42. The zero-order valence-corrected chi connectivity index (χ0v) is 13.4. The van der Waals surface area contributed by atoms with Crippen molar-refractivity contribution in [3.63, 3.8) is 0 Å². The van der Waals surface area contributed by atoms with Gasteiger partial charge in [-0.1, -0.05) is 33.8 Å². The Morgan fingerprint density at radius 1 is 1.15 bits per heavy atom. The van der Waals surface area contributed by atoms with Gasteiger partial charge < -0.3 is 14.2 Å². The third-order valence-corrected chi connectivity index (χ3v) is 4.42. The van der Waals surface area contributed by atoms with Crippen LogP contribution in [0.4, 0.5) is 0 Å². The van der Waals surface area contributed by atoms with Gasteiger partial charge in [0.05, 0.1) is 24.4 Å². The van der Waals surface area contributed by atoms with Crippen LogP contribution in [-0.4, -0.2) is 37.1 Å². The van der Waals surface area contributed by atoms with Crippen LogP contribution in [-0.2, 0) is 14.2 Å². The Morgan fingerprint density at radius 2 is 1.85 bits per heavy atom. The fourth-order valence-electron chi connectivity index (χ4n) is 3.47. The van der Waals surface area contributed by atoms with Crippen LogP contribution in [0.5, 0.6) is 0 Å². The minimum atomic E-state index is -0.00190. The monoisotopic (exact) mass is 282 g/mol. The molecule has 0 amide bonds. The molecule has 4 atom stereocenters. The molecule has 3 nitrogen and oxygen atoms in total. The van der Waals surface area contributed by atoms with Gasteiger partial charge in [-0.3, -0.25) is 0 Å². The number of hydrogen-bond acceptors (Lipinski definition) is 3. The zero-order valence-electron chi connectivity index (χ0n) is 13.4. The van der Waals surface area contributed by atoms with E-state index in [1.165, 1.54) is 0 Å². The molecule has 2 fully saturated rings. The van der Waals surface area contributed by atoms with Crippen molar-refractivity contribution >= 4 is 0 Å². The van der Waals surface area contributed by atoms with Crippen LogP contribution < -0.4 is 0 Å². The minimum Gasteiger partial charge on any atom is -0.375 e. The van der Waals surface area contributed by atoms with Gasteiger partial charge in [-0.2, -0.15) is 0 Å². The summed E-state index contributed by atoms with van der Waals surface area (Å²) in [5.41, 5.74) is 0. The molecule has 2 aliphatic heterocycles. The van der Waals surface area contributed by atoms with Gasteiger partial charge in [-0.05, 0) is 24.7 Å². The third-order valence-electron chi connectivity index (χ3n) is 4.42. The van der Waals surface area contributed by atoms with Crippen molar-refractivity contribution in [2.45, 2.75) is 77.5 Å². The molecule has 0 aromatic rings. The van der Waals surface area contributed by atoms with Crippen molar-refractivity contribution < 1.29 is 14.2 Å². The maximum Gasteiger partial charge on any atom is 0.102 e. The van der Waals surface area contributed by atoms with Crippen LogP contribution in [0.2, 0.25) is 0 Å². The first kappa shape index (κ1) is 16.0. The first-order valence-corrected chi connectivity index (χ1v) is 8.08. The summed E-state index contributed by atoms with van der Waals surface area (Å²) in [6.07, 6.45) is 5.76. The quantitative estimate of drug-likeness (QED) is 0.721. The van der Waals surface area contributed by atoms with Crippen molar-refractivity contribution in [3.05, 3.63) is 12.7 Å². The van der Waals surface area contributed by atoms with Gasteiger partial charge in [0.1, 0.15) is 6.10 Å². The normalized spacial score (nSPS) is 34.5. The Hall–Kier alpha value is -0.380. The molecule has 0 bridgehead atoms. The smallest absolute Gasteiger partial charge is 0.102 e. The lowest BCUT2D eigenvalue weighted by molar-refractivity contribution is -0.216. The van der Waals surface area contributed by atoms with Gasteiger partial charge in [0.25, 0.3) is 0 Å². The Bertz CT molecular complexity index is 305. The molecule has 0 unspecified atom stereocenters. The minimum absolute atomic E-state index is 0.00190. The molecule has 3 heteroatoms. The van der Waals surface area contributed by atoms with Crippen LogP contribution in [0.3, 0.4) is 0 Å². The lowest BCUT2D eigenvalue weighted by Gasteiger charge is -2.44. The fraction of sp³-hybridized carbons (Fsp3) is 0.882. The van der Waals surface area contributed by atoms with Crippen LogP contribution in [0.1, 0.15) is 47.0 Å². The Balaban J connectivity index is 2.02. The highest BCUT2D eigenvalue weighted by atomic mass is 16.6. The summed E-state index contributed by atoms with van der Waals surface area (Å²) in [4.78, 5) is 0. The molecule has 0 radical (unpaired) electrons. The van der Waals surface area contributed by atoms with Gasteiger partial charge in [0.2, 0.25) is 0 Å². The van der Waals surface area contributed by atoms with Gasteiger partial charge >= 0.3 is 0 Å². The SMILES string of the molecule is C=C[C@H]1O[C@H]2CCCO[C@@H]2C[C@@H]1OC(C(C)C)C(C)C. The summed E-state index contributed by atoms with van der Waals surface area (Å²) in [6.45, 7) is 13.7. The molecule has 2 saturated heterocycles. The molecule has 0 aliphatic carbocycles. The first-order valence-electron chi connectivity index (χ1n) is 8.08. The Morgan fingerprint density at radius 3 is 2.45 bits per heavy atom. The fourth-order valence-corrected chi connectivity index (χ4v) is 3.47. The van der Waals surface area contributed by atoms with Gasteiger partial charge in [-0.25, -0.2) is 0 Å². The number of ether oxygens (including phenoxy) is 3. The van der Waals surface area contributed by atoms with E-state index in [1.54, 1.807) is 0 Å². The highest BCUT2D eigenvalue weighted by Crippen LogP contribution is 2.33. The molecule has 116 valence electrons. The second-order valence-electron chi connectivity index (χ2n) is 6.79. The van der Waals surface area contributed by atoms with E-state index >= 15 is 0 Å². The van der Waals surface area contributed by atoms with E-state index in [2.05, 4.69) is 34.3 Å². The predicted molar refractivity (Wildman–Crippen MR) is 80.8 cm³/mol. The van der Waals surface area contributed by atoms with Crippen LogP contribution in [0.15, 0.2) is 12.7 Å². The molecule has 0 saturated carbocycles. The van der Waals surface area contributed by atoms with E-state index in [0.29, 0.717) is 11.8 Å². The lowest BCUT2D eigenvalue weighted by atomic mass is 9.91. The van der Waals surface area contributed by atoms with Crippen molar-refractivity contribution in [2.24, 2.45) is 11.8 Å². The standard InChI is InChI=1S/C17H30O3/c1-6-13-16(20-17(11(2)3)12(4)5)10-15-14(19-13)8-7-9-18-15/h6,11-17H,1,7-10H2,2-5H3/t13-,14+,15-,16+/m1/s1. The van der Waals surface area contributed by atoms with E-state index in [1.807, 2.05) is 6.08 Å². The molecule has 2 heterocycles. The zero-order chi connectivity index (χ0) is 14.7. The summed E-state index contributed by atoms with van der Waals surface area (Å²) in [5, 5.41) is 0. The van der Waals surface area contributed by atoms with Gasteiger partial charge in [0, 0.05) is 13.0 Å². The van der Waals surface area contributed by atoms with Crippen LogP contribution in [0.25, 0.3) is 0 Å². The maximum absolute atomic E-state index is 6.39. The highest BCUT2D eigenvalue weighted by molar-refractivity contribution is 4.96. The molecule has 2 rings (SSSR count). The van der Waals surface area contributed by atoms with E-state index < -0.39 is 0 Å². The van der Waals surface area contributed by atoms with E-state index in [0.717, 1.165) is 25.9 Å². The van der Waals surface area contributed by atoms with E-state index in [4.69, 9.17) is 14.2 Å². The Labute approximate surface area is 123 Å². The second-order valence-corrected chi connectivity index (χ2v) is 6.79. The molecule has 20 heavy (non-hydrogen) atoms. The topological polar surface area (TPSA) is 27.7 Å². The van der Waals surface area contributed by atoms with E-state index in [9.17, 15) is 0 Å². The van der Waals surface area contributed by atoms with Crippen LogP contribution >= 0.6 is 0 Å².